The van der Waals surface area contributed by atoms with E-state index in [0.717, 1.165) is 24.4 Å². The first-order valence-electron chi connectivity index (χ1n) is 6.54. The molecule has 7 heteroatoms. The summed E-state index contributed by atoms with van der Waals surface area (Å²) in [7, 11) is 0. The lowest BCUT2D eigenvalue weighted by atomic mass is 10.0. The van der Waals surface area contributed by atoms with Gasteiger partial charge in [-0.05, 0) is 20.3 Å². The van der Waals surface area contributed by atoms with Crippen molar-refractivity contribution < 1.29 is 14.3 Å². The van der Waals surface area contributed by atoms with Gasteiger partial charge in [-0.1, -0.05) is 20.8 Å². The van der Waals surface area contributed by atoms with Gasteiger partial charge in [-0.2, -0.15) is 4.99 Å². The Morgan fingerprint density at radius 2 is 2.00 bits per heavy atom. The van der Waals surface area contributed by atoms with Crippen LogP contribution in [-0.4, -0.2) is 33.1 Å². The van der Waals surface area contributed by atoms with Crippen LogP contribution in [0.3, 0.4) is 0 Å². The van der Waals surface area contributed by atoms with Crippen LogP contribution in [0.4, 0.5) is 0 Å². The summed E-state index contributed by atoms with van der Waals surface area (Å²) < 4.78 is 5.13. The molecule has 0 saturated heterocycles. The van der Waals surface area contributed by atoms with Crippen molar-refractivity contribution in [2.45, 2.75) is 47.1 Å². The molecule has 1 atom stereocenters. The Labute approximate surface area is 120 Å². The molecule has 0 spiro atoms. The standard InChI is InChI=1S/C12H23N2O3PS/c1-6-10-9(5)14(7-2)11(8(3)4)13-12(10)17-18(15,16)19/h8-9H,6-7H2,1-5H3,(H2,15,16,19). The minimum absolute atomic E-state index is 0.126. The Hall–Kier alpha value is -0.420. The fourth-order valence-electron chi connectivity index (χ4n) is 2.34. The van der Waals surface area contributed by atoms with Gasteiger partial charge >= 0.3 is 6.72 Å². The van der Waals surface area contributed by atoms with Crippen LogP contribution in [0.15, 0.2) is 16.4 Å². The molecule has 0 saturated carbocycles. The van der Waals surface area contributed by atoms with Crippen LogP contribution < -0.4 is 0 Å². The van der Waals surface area contributed by atoms with Crippen LogP contribution in [0.2, 0.25) is 0 Å². The average Bonchev–Trinajstić information content (AvgIpc) is 2.26. The lowest BCUT2D eigenvalue weighted by Gasteiger charge is -2.38. The average molecular weight is 306 g/mol. The van der Waals surface area contributed by atoms with Gasteiger partial charge in [0.2, 0.25) is 5.88 Å². The summed E-state index contributed by atoms with van der Waals surface area (Å²) in [5, 5.41) is 0. The molecule has 0 fully saturated rings. The van der Waals surface area contributed by atoms with Gasteiger partial charge < -0.3 is 19.2 Å². The largest absolute Gasteiger partial charge is 0.406 e. The van der Waals surface area contributed by atoms with Crippen molar-refractivity contribution >= 4 is 24.4 Å². The van der Waals surface area contributed by atoms with E-state index in [9.17, 15) is 9.79 Å². The van der Waals surface area contributed by atoms with Crippen molar-refractivity contribution in [3.05, 3.63) is 11.5 Å². The molecule has 1 rings (SSSR count). The van der Waals surface area contributed by atoms with E-state index < -0.39 is 6.72 Å². The highest BCUT2D eigenvalue weighted by molar-refractivity contribution is 8.06. The van der Waals surface area contributed by atoms with Crippen LogP contribution in [0.25, 0.3) is 0 Å². The molecule has 1 aliphatic rings. The number of amidine groups is 1. The lowest BCUT2D eigenvalue weighted by molar-refractivity contribution is 0.280. The summed E-state index contributed by atoms with van der Waals surface area (Å²) >= 11 is 4.55. The second-order valence-electron chi connectivity index (χ2n) is 4.85. The summed E-state index contributed by atoms with van der Waals surface area (Å²) in [5.41, 5.74) is 0.948. The number of hydrogen-bond acceptors (Lipinski definition) is 4. The lowest BCUT2D eigenvalue weighted by Crippen LogP contribution is -2.44. The van der Waals surface area contributed by atoms with Gasteiger partial charge in [0.1, 0.15) is 5.84 Å². The van der Waals surface area contributed by atoms with Crippen LogP contribution in [0, 0.1) is 5.92 Å². The van der Waals surface area contributed by atoms with Crippen LogP contribution in [0.1, 0.15) is 41.0 Å². The topological polar surface area (TPSA) is 65.3 Å². The molecule has 110 valence electrons. The maximum absolute atomic E-state index is 9.36. The van der Waals surface area contributed by atoms with Gasteiger partial charge in [-0.3, -0.25) is 0 Å². The zero-order chi connectivity index (χ0) is 14.8. The number of rotatable bonds is 5. The van der Waals surface area contributed by atoms with Gasteiger partial charge in [0.05, 0.1) is 6.04 Å². The summed E-state index contributed by atoms with van der Waals surface area (Å²) in [6.45, 7) is 7.35. The zero-order valence-corrected chi connectivity index (χ0v) is 13.8. The second-order valence-corrected chi connectivity index (χ2v) is 7.44. The predicted molar refractivity (Wildman–Crippen MR) is 81.2 cm³/mol. The molecule has 0 aromatic rings. The molecule has 1 unspecified atom stereocenters. The van der Waals surface area contributed by atoms with Crippen molar-refractivity contribution in [3.63, 3.8) is 0 Å². The Morgan fingerprint density at radius 1 is 1.42 bits per heavy atom. The fraction of sp³-hybridized carbons (Fsp3) is 0.750. The third-order valence-corrected chi connectivity index (χ3v) is 3.83. The maximum Gasteiger partial charge on any atom is 0.376 e. The smallest absolute Gasteiger partial charge is 0.376 e. The van der Waals surface area contributed by atoms with E-state index in [0.29, 0.717) is 0 Å². The van der Waals surface area contributed by atoms with E-state index >= 15 is 0 Å². The van der Waals surface area contributed by atoms with E-state index in [-0.39, 0.29) is 17.8 Å². The third kappa shape index (κ3) is 4.02. The van der Waals surface area contributed by atoms with Gasteiger partial charge in [0.15, 0.2) is 0 Å². The first kappa shape index (κ1) is 16.6. The Bertz CT molecular complexity index is 442. The van der Waals surface area contributed by atoms with Crippen molar-refractivity contribution in [2.24, 2.45) is 10.9 Å². The highest BCUT2D eigenvalue weighted by Gasteiger charge is 2.30. The fourth-order valence-corrected chi connectivity index (χ4v) is 2.94. The molecule has 1 heterocycles. The first-order valence-corrected chi connectivity index (χ1v) is 9.17. The van der Waals surface area contributed by atoms with Crippen molar-refractivity contribution in [1.82, 2.24) is 4.90 Å². The number of nitrogens with zero attached hydrogens (tertiary/aromatic N) is 2. The van der Waals surface area contributed by atoms with E-state index in [1.54, 1.807) is 0 Å². The minimum atomic E-state index is -3.75. The molecular formula is C12H23N2O3PS. The Morgan fingerprint density at radius 3 is 2.37 bits per heavy atom. The van der Waals surface area contributed by atoms with Crippen LogP contribution in [0.5, 0.6) is 0 Å². The molecule has 0 aromatic heterocycles. The van der Waals surface area contributed by atoms with Gasteiger partial charge in [0.25, 0.3) is 0 Å². The number of aliphatic imine (C=N–C) groups is 1. The molecule has 1 aliphatic heterocycles. The third-order valence-electron chi connectivity index (χ3n) is 3.20. The molecule has 2 N–H and O–H groups in total. The first-order chi connectivity index (χ1) is 8.71. The van der Waals surface area contributed by atoms with E-state index in [1.807, 2.05) is 6.92 Å². The van der Waals surface area contributed by atoms with E-state index in [1.165, 1.54) is 0 Å². The summed E-state index contributed by atoms with van der Waals surface area (Å²) in [4.78, 5) is 25.4. The van der Waals surface area contributed by atoms with Crippen molar-refractivity contribution in [3.8, 4) is 0 Å². The molecule has 5 nitrogen and oxygen atoms in total. The van der Waals surface area contributed by atoms with Crippen LogP contribution in [-0.2, 0) is 16.3 Å². The quantitative estimate of drug-likeness (QED) is 0.764. The van der Waals surface area contributed by atoms with E-state index in [4.69, 9.17) is 4.52 Å². The summed E-state index contributed by atoms with van der Waals surface area (Å²) in [6, 6.07) is 0.126. The molecular weight excluding hydrogens is 283 g/mol. The Balaban J connectivity index is 3.26. The molecule has 0 bridgehead atoms. The van der Waals surface area contributed by atoms with Gasteiger partial charge in [0, 0.05) is 29.8 Å². The Kier molecular flexibility index (Phi) is 5.56. The summed E-state index contributed by atoms with van der Waals surface area (Å²) in [6.07, 6.45) is 0.733. The zero-order valence-electron chi connectivity index (χ0n) is 12.1. The number of hydrogen-bond donors (Lipinski definition) is 2. The predicted octanol–water partition coefficient (Wildman–Crippen LogP) is 2.61. The minimum Gasteiger partial charge on any atom is -0.406 e. The molecule has 0 amide bonds. The number of likely N-dealkylation sites (N-methyl/N-ethyl adjacent to an activating group) is 1. The molecule has 19 heavy (non-hydrogen) atoms. The van der Waals surface area contributed by atoms with Crippen LogP contribution >= 0.6 is 6.72 Å². The SMILES string of the molecule is CCC1=C(OP(O)(O)=S)N=C(C(C)C)N(CC)C1C. The maximum atomic E-state index is 9.36. The summed E-state index contributed by atoms with van der Waals surface area (Å²) in [5.74, 6) is 1.41. The van der Waals surface area contributed by atoms with E-state index in [2.05, 4.69) is 49.4 Å². The van der Waals surface area contributed by atoms with Crippen molar-refractivity contribution in [2.75, 3.05) is 6.54 Å². The second kappa shape index (κ2) is 6.35. The van der Waals surface area contributed by atoms with Gasteiger partial charge in [-0.15, -0.1) is 0 Å². The van der Waals surface area contributed by atoms with Crippen molar-refractivity contribution in [1.29, 1.82) is 0 Å². The monoisotopic (exact) mass is 306 g/mol. The highest BCUT2D eigenvalue weighted by Crippen LogP contribution is 2.42. The van der Waals surface area contributed by atoms with Gasteiger partial charge in [-0.25, -0.2) is 0 Å². The molecule has 0 aromatic carbocycles. The highest BCUT2D eigenvalue weighted by atomic mass is 32.5. The molecule has 0 aliphatic carbocycles. The normalized spacial score (nSPS) is 20.9. The molecule has 0 radical (unpaired) electrons.